The van der Waals surface area contributed by atoms with Gasteiger partial charge in [-0.25, -0.2) is 0 Å². The van der Waals surface area contributed by atoms with E-state index in [2.05, 4.69) is 64.3 Å². The van der Waals surface area contributed by atoms with E-state index in [0.29, 0.717) is 9.12 Å². The lowest BCUT2D eigenvalue weighted by molar-refractivity contribution is 0.275. The van der Waals surface area contributed by atoms with Gasteiger partial charge in [0.15, 0.2) is 8.32 Å². The molecule has 0 aliphatic carbocycles. The second kappa shape index (κ2) is 8.65. The van der Waals surface area contributed by atoms with E-state index in [4.69, 9.17) is 4.43 Å². The molecule has 0 atom stereocenters. The summed E-state index contributed by atoms with van der Waals surface area (Å²) in [4.78, 5) is 0. The van der Waals surface area contributed by atoms with Crippen molar-refractivity contribution in [3.05, 3.63) is 0 Å². The molecular weight excluding hydrogens is 312 g/mol. The predicted octanol–water partition coefficient (Wildman–Crippen LogP) is 6.55. The Bertz CT molecular complexity index is 294. The van der Waals surface area contributed by atoms with Gasteiger partial charge in [-0.15, -0.1) is 23.5 Å². The van der Waals surface area contributed by atoms with Crippen molar-refractivity contribution >= 4 is 31.8 Å². The molecule has 1 nitrogen and oxygen atoms in total. The Kier molecular flexibility index (Phi) is 8.21. The van der Waals surface area contributed by atoms with Crippen LogP contribution in [0.2, 0.25) is 18.1 Å². The van der Waals surface area contributed by atoms with E-state index >= 15 is 0 Å². The van der Waals surface area contributed by atoms with Gasteiger partial charge in [-0.05, 0) is 48.9 Å². The summed E-state index contributed by atoms with van der Waals surface area (Å²) in [6.07, 6.45) is 8.08. The molecule has 1 aliphatic rings. The fourth-order valence-corrected chi connectivity index (χ4v) is 6.77. The van der Waals surface area contributed by atoms with Crippen molar-refractivity contribution in [3.63, 3.8) is 0 Å². The molecule has 4 heteroatoms. The van der Waals surface area contributed by atoms with Crippen molar-refractivity contribution in [2.45, 2.75) is 88.4 Å². The number of hydrogen-bond acceptors (Lipinski definition) is 3. The van der Waals surface area contributed by atoms with E-state index < -0.39 is 8.32 Å². The zero-order chi connectivity index (χ0) is 16.0. The smallest absolute Gasteiger partial charge is 0.191 e. The Morgan fingerprint density at radius 1 is 1.05 bits per heavy atom. The molecule has 0 saturated carbocycles. The lowest BCUT2D eigenvalue weighted by Gasteiger charge is -2.40. The van der Waals surface area contributed by atoms with Gasteiger partial charge in [-0.1, -0.05) is 47.0 Å². The maximum absolute atomic E-state index is 6.44. The van der Waals surface area contributed by atoms with E-state index in [0.717, 1.165) is 6.61 Å². The van der Waals surface area contributed by atoms with E-state index in [1.54, 1.807) is 0 Å². The molecule has 126 valence electrons. The SMILES string of the molecule is CCCCCC1(CCO[Si](C)(C)C(C)(C)C)SCCCS1. The molecule has 1 rings (SSSR count). The van der Waals surface area contributed by atoms with E-state index in [1.807, 2.05) is 0 Å². The lowest BCUT2D eigenvalue weighted by Crippen LogP contribution is -2.42. The van der Waals surface area contributed by atoms with Gasteiger partial charge in [0.25, 0.3) is 0 Å². The molecule has 1 aliphatic heterocycles. The fraction of sp³-hybridized carbons (Fsp3) is 1.00. The highest BCUT2D eigenvalue weighted by Gasteiger charge is 2.38. The summed E-state index contributed by atoms with van der Waals surface area (Å²) in [5.74, 6) is 2.69. The Labute approximate surface area is 142 Å². The number of thioether (sulfide) groups is 2. The second-order valence-corrected chi connectivity index (χ2v) is 15.8. The highest BCUT2D eigenvalue weighted by Crippen LogP contribution is 2.48. The summed E-state index contributed by atoms with van der Waals surface area (Å²) >= 11 is 4.44. The predicted molar refractivity (Wildman–Crippen MR) is 104 cm³/mol. The molecular formula is C17H36OS2Si. The Morgan fingerprint density at radius 3 is 2.19 bits per heavy atom. The van der Waals surface area contributed by atoms with Gasteiger partial charge in [-0.2, -0.15) is 0 Å². The molecule has 0 spiro atoms. The van der Waals surface area contributed by atoms with Gasteiger partial charge in [-0.3, -0.25) is 0 Å². The largest absolute Gasteiger partial charge is 0.417 e. The third-order valence-corrected chi connectivity index (χ3v) is 13.0. The van der Waals surface area contributed by atoms with Gasteiger partial charge >= 0.3 is 0 Å². The van der Waals surface area contributed by atoms with Gasteiger partial charge in [0.05, 0.1) is 4.08 Å². The molecule has 0 bridgehead atoms. The number of rotatable bonds is 8. The zero-order valence-corrected chi connectivity index (χ0v) is 17.7. The Balaban J connectivity index is 2.50. The van der Waals surface area contributed by atoms with Crippen LogP contribution in [-0.2, 0) is 4.43 Å². The molecule has 0 aromatic carbocycles. The van der Waals surface area contributed by atoms with Gasteiger partial charge in [0.1, 0.15) is 0 Å². The van der Waals surface area contributed by atoms with Crippen LogP contribution in [0.1, 0.15) is 66.2 Å². The van der Waals surface area contributed by atoms with Crippen molar-refractivity contribution in [1.82, 2.24) is 0 Å². The first-order valence-corrected chi connectivity index (χ1v) is 13.5. The Morgan fingerprint density at radius 2 is 1.67 bits per heavy atom. The summed E-state index contributed by atoms with van der Waals surface area (Å²) < 4.78 is 6.89. The highest BCUT2D eigenvalue weighted by molar-refractivity contribution is 8.18. The zero-order valence-electron chi connectivity index (χ0n) is 15.1. The molecule has 0 aromatic rings. The van der Waals surface area contributed by atoms with Crippen LogP contribution in [0.25, 0.3) is 0 Å². The molecule has 0 aromatic heterocycles. The van der Waals surface area contributed by atoms with Crippen molar-refractivity contribution in [2.24, 2.45) is 0 Å². The highest BCUT2D eigenvalue weighted by atomic mass is 32.2. The maximum atomic E-state index is 6.44. The first kappa shape index (κ1) is 19.9. The van der Waals surface area contributed by atoms with E-state index in [9.17, 15) is 0 Å². The van der Waals surface area contributed by atoms with Gasteiger partial charge < -0.3 is 4.43 Å². The first-order valence-electron chi connectivity index (χ1n) is 8.64. The monoisotopic (exact) mass is 348 g/mol. The molecule has 1 heterocycles. The quantitative estimate of drug-likeness (QED) is 0.364. The molecule has 0 radical (unpaired) electrons. The van der Waals surface area contributed by atoms with Gasteiger partial charge in [0, 0.05) is 6.61 Å². The number of hydrogen-bond donors (Lipinski definition) is 0. The average Bonchev–Trinajstić information content (AvgIpc) is 2.38. The molecule has 1 fully saturated rings. The summed E-state index contributed by atoms with van der Waals surface area (Å²) in [6, 6.07) is 0. The summed E-state index contributed by atoms with van der Waals surface area (Å²) in [5, 5.41) is 0.329. The Hall–Kier alpha value is 0.877. The van der Waals surface area contributed by atoms with Gasteiger partial charge in [0.2, 0.25) is 0 Å². The van der Waals surface area contributed by atoms with Crippen LogP contribution >= 0.6 is 23.5 Å². The van der Waals surface area contributed by atoms with Crippen LogP contribution in [0.15, 0.2) is 0 Å². The van der Waals surface area contributed by atoms with Crippen molar-refractivity contribution in [2.75, 3.05) is 18.1 Å². The van der Waals surface area contributed by atoms with Crippen molar-refractivity contribution < 1.29 is 4.43 Å². The lowest BCUT2D eigenvalue weighted by atomic mass is 10.1. The summed E-state index contributed by atoms with van der Waals surface area (Å²) in [7, 11) is -1.58. The van der Waals surface area contributed by atoms with Crippen LogP contribution in [-0.4, -0.2) is 30.5 Å². The molecule has 0 N–H and O–H groups in total. The molecule has 0 unspecified atom stereocenters. The minimum absolute atomic E-state index is 0.329. The standard InChI is InChI=1S/C17H36OS2Si/c1-7-8-9-11-17(19-14-10-15-20-17)12-13-18-21(5,6)16(2,3)4/h7-15H2,1-6H3. The summed E-state index contributed by atoms with van der Waals surface area (Å²) in [6.45, 7) is 15.0. The third-order valence-electron chi connectivity index (χ3n) is 4.93. The van der Waals surface area contributed by atoms with Crippen LogP contribution in [0.4, 0.5) is 0 Å². The molecule has 0 amide bonds. The minimum atomic E-state index is -1.58. The first-order chi connectivity index (χ1) is 9.72. The molecule has 1 saturated heterocycles. The average molecular weight is 349 g/mol. The van der Waals surface area contributed by atoms with Crippen LogP contribution in [0.3, 0.4) is 0 Å². The van der Waals surface area contributed by atoms with Crippen molar-refractivity contribution in [1.29, 1.82) is 0 Å². The number of unbranched alkanes of at least 4 members (excludes halogenated alkanes) is 2. The van der Waals surface area contributed by atoms with Crippen LogP contribution in [0.5, 0.6) is 0 Å². The minimum Gasteiger partial charge on any atom is -0.417 e. The van der Waals surface area contributed by atoms with E-state index in [1.165, 1.54) is 50.0 Å². The maximum Gasteiger partial charge on any atom is 0.191 e. The summed E-state index contributed by atoms with van der Waals surface area (Å²) in [5.41, 5.74) is 0. The normalized spacial score (nSPS) is 19.7. The second-order valence-electron chi connectivity index (χ2n) is 7.78. The van der Waals surface area contributed by atoms with Crippen LogP contribution < -0.4 is 0 Å². The molecule has 21 heavy (non-hydrogen) atoms. The fourth-order valence-electron chi connectivity index (χ4n) is 2.35. The van der Waals surface area contributed by atoms with Crippen LogP contribution in [0, 0.1) is 0 Å². The van der Waals surface area contributed by atoms with E-state index in [-0.39, 0.29) is 0 Å². The topological polar surface area (TPSA) is 9.23 Å². The van der Waals surface area contributed by atoms with Crippen molar-refractivity contribution in [3.8, 4) is 0 Å². The third kappa shape index (κ3) is 6.48.